The van der Waals surface area contributed by atoms with Gasteiger partial charge in [0.05, 0.1) is 12.1 Å². The van der Waals surface area contributed by atoms with Crippen LogP contribution in [0.4, 0.5) is 0 Å². The molecule has 1 aliphatic carbocycles. The van der Waals surface area contributed by atoms with Gasteiger partial charge >= 0.3 is 5.97 Å². The monoisotopic (exact) mass is 279 g/mol. The van der Waals surface area contributed by atoms with Crippen molar-refractivity contribution in [1.82, 2.24) is 15.1 Å². The molecule has 1 aromatic rings. The summed E-state index contributed by atoms with van der Waals surface area (Å²) in [7, 11) is 0. The van der Waals surface area contributed by atoms with Crippen molar-refractivity contribution in [3.8, 4) is 0 Å². The van der Waals surface area contributed by atoms with Crippen LogP contribution in [0.25, 0.3) is 0 Å². The van der Waals surface area contributed by atoms with E-state index in [-0.39, 0.29) is 11.8 Å². The largest absolute Gasteiger partial charge is 0.481 e. The Labute approximate surface area is 120 Å². The highest BCUT2D eigenvalue weighted by Crippen LogP contribution is 2.29. The van der Waals surface area contributed by atoms with Crippen LogP contribution in [0.5, 0.6) is 0 Å². The molecule has 0 aliphatic heterocycles. The third-order valence-electron chi connectivity index (χ3n) is 4.15. The van der Waals surface area contributed by atoms with Crippen molar-refractivity contribution >= 4 is 5.97 Å². The first kappa shape index (κ1) is 15.0. The van der Waals surface area contributed by atoms with Gasteiger partial charge in [-0.25, -0.2) is 0 Å². The summed E-state index contributed by atoms with van der Waals surface area (Å²) in [6.45, 7) is 5.74. The average molecular weight is 279 g/mol. The summed E-state index contributed by atoms with van der Waals surface area (Å²) in [4.78, 5) is 11.2. The summed E-state index contributed by atoms with van der Waals surface area (Å²) in [5.41, 5.74) is 1.15. The average Bonchev–Trinajstić information content (AvgIpc) is 2.88. The van der Waals surface area contributed by atoms with E-state index in [1.165, 1.54) is 0 Å². The maximum Gasteiger partial charge on any atom is 0.306 e. The number of aromatic nitrogens is 2. The highest BCUT2D eigenvalue weighted by atomic mass is 16.4. The van der Waals surface area contributed by atoms with Crippen LogP contribution < -0.4 is 5.32 Å². The zero-order valence-electron chi connectivity index (χ0n) is 12.4. The molecule has 1 aromatic heterocycles. The highest BCUT2D eigenvalue weighted by Gasteiger charge is 2.30. The van der Waals surface area contributed by atoms with Gasteiger partial charge in [-0.2, -0.15) is 5.10 Å². The molecule has 0 radical (unpaired) electrons. The van der Waals surface area contributed by atoms with Gasteiger partial charge in [0.15, 0.2) is 0 Å². The number of rotatable bonds is 6. The summed E-state index contributed by atoms with van der Waals surface area (Å²) in [5.74, 6) is -0.542. The van der Waals surface area contributed by atoms with Crippen molar-refractivity contribution in [2.75, 3.05) is 6.54 Å². The van der Waals surface area contributed by atoms with Crippen LogP contribution >= 0.6 is 0 Å². The van der Waals surface area contributed by atoms with E-state index < -0.39 is 5.97 Å². The summed E-state index contributed by atoms with van der Waals surface area (Å²) in [5, 5.41) is 16.9. The Morgan fingerprint density at radius 3 is 2.90 bits per heavy atom. The van der Waals surface area contributed by atoms with Crippen LogP contribution in [0.1, 0.15) is 51.1 Å². The third-order valence-corrected chi connectivity index (χ3v) is 4.15. The van der Waals surface area contributed by atoms with E-state index in [2.05, 4.69) is 24.3 Å². The van der Waals surface area contributed by atoms with Crippen molar-refractivity contribution in [1.29, 1.82) is 0 Å². The van der Waals surface area contributed by atoms with E-state index in [0.29, 0.717) is 6.04 Å². The zero-order chi connectivity index (χ0) is 14.5. The normalized spacial score (nSPS) is 23.1. The Bertz CT molecular complexity index is 442. The van der Waals surface area contributed by atoms with E-state index >= 15 is 0 Å². The molecule has 0 spiro atoms. The molecule has 20 heavy (non-hydrogen) atoms. The van der Waals surface area contributed by atoms with Gasteiger partial charge in [-0.3, -0.25) is 9.48 Å². The maximum absolute atomic E-state index is 11.2. The predicted octanol–water partition coefficient (Wildman–Crippen LogP) is 2.44. The topological polar surface area (TPSA) is 67.2 Å². The summed E-state index contributed by atoms with van der Waals surface area (Å²) < 4.78 is 1.94. The molecule has 0 amide bonds. The molecule has 1 fully saturated rings. The number of nitrogens with zero attached hydrogens (tertiary/aromatic N) is 2. The lowest BCUT2D eigenvalue weighted by Gasteiger charge is -2.28. The Morgan fingerprint density at radius 1 is 1.50 bits per heavy atom. The minimum Gasteiger partial charge on any atom is -0.481 e. The van der Waals surface area contributed by atoms with Crippen molar-refractivity contribution in [2.45, 2.75) is 52.1 Å². The summed E-state index contributed by atoms with van der Waals surface area (Å²) >= 11 is 0. The van der Waals surface area contributed by atoms with E-state index in [1.54, 1.807) is 0 Å². The number of carboxylic acids is 1. The first-order chi connectivity index (χ1) is 9.58. The number of aliphatic carboxylic acids is 1. The molecule has 2 atom stereocenters. The van der Waals surface area contributed by atoms with Crippen LogP contribution in [0.2, 0.25) is 0 Å². The maximum atomic E-state index is 11.2. The van der Waals surface area contributed by atoms with Gasteiger partial charge < -0.3 is 10.4 Å². The van der Waals surface area contributed by atoms with Gasteiger partial charge in [-0.15, -0.1) is 0 Å². The molecule has 1 aliphatic rings. The third kappa shape index (κ3) is 3.82. The zero-order valence-corrected chi connectivity index (χ0v) is 12.4. The Kier molecular flexibility index (Phi) is 5.17. The summed E-state index contributed by atoms with van der Waals surface area (Å²) in [6.07, 6.45) is 7.98. The van der Waals surface area contributed by atoms with Gasteiger partial charge in [-0.1, -0.05) is 12.8 Å². The molecular weight excluding hydrogens is 254 g/mol. The minimum absolute atomic E-state index is 0.172. The summed E-state index contributed by atoms with van der Waals surface area (Å²) in [6, 6.07) is 0.374. The van der Waals surface area contributed by atoms with Gasteiger partial charge in [0.25, 0.3) is 0 Å². The van der Waals surface area contributed by atoms with Crippen LogP contribution in [0.3, 0.4) is 0 Å². The molecule has 5 heteroatoms. The fraction of sp³-hybridized carbons (Fsp3) is 0.733. The van der Waals surface area contributed by atoms with E-state index in [4.69, 9.17) is 0 Å². The molecule has 2 rings (SSSR count). The van der Waals surface area contributed by atoms with Gasteiger partial charge in [0.1, 0.15) is 0 Å². The SMILES string of the molecule is CC(C)n1cc(CNCC2CCCCC2C(=O)O)cn1. The van der Waals surface area contributed by atoms with E-state index in [0.717, 1.165) is 44.3 Å². The van der Waals surface area contributed by atoms with Crippen molar-refractivity contribution in [3.05, 3.63) is 18.0 Å². The van der Waals surface area contributed by atoms with E-state index in [9.17, 15) is 9.90 Å². The standard InChI is InChI=1S/C15H25N3O2/c1-11(2)18-10-12(8-17-18)7-16-9-13-5-3-4-6-14(13)15(19)20/h8,10-11,13-14,16H,3-7,9H2,1-2H3,(H,19,20). The number of carbonyl (C=O) groups is 1. The quantitative estimate of drug-likeness (QED) is 0.839. The molecule has 112 valence electrons. The smallest absolute Gasteiger partial charge is 0.306 e. The minimum atomic E-state index is -0.635. The predicted molar refractivity (Wildman–Crippen MR) is 77.4 cm³/mol. The fourth-order valence-electron chi connectivity index (χ4n) is 2.93. The van der Waals surface area contributed by atoms with Crippen molar-refractivity contribution in [2.24, 2.45) is 11.8 Å². The molecule has 0 bridgehead atoms. The van der Waals surface area contributed by atoms with E-state index in [1.807, 2.05) is 17.1 Å². The van der Waals surface area contributed by atoms with Crippen LogP contribution in [0.15, 0.2) is 12.4 Å². The second-order valence-electron chi connectivity index (χ2n) is 6.04. The molecule has 2 N–H and O–H groups in total. The second kappa shape index (κ2) is 6.88. The molecule has 5 nitrogen and oxygen atoms in total. The lowest BCUT2D eigenvalue weighted by Crippen LogP contribution is -2.34. The highest BCUT2D eigenvalue weighted by molar-refractivity contribution is 5.70. The molecule has 2 unspecified atom stereocenters. The molecular formula is C15H25N3O2. The first-order valence-corrected chi connectivity index (χ1v) is 7.54. The lowest BCUT2D eigenvalue weighted by atomic mass is 9.79. The molecule has 1 saturated carbocycles. The lowest BCUT2D eigenvalue weighted by molar-refractivity contribution is -0.144. The number of nitrogens with one attached hydrogen (secondary N) is 1. The van der Waals surface area contributed by atoms with Crippen LogP contribution in [-0.2, 0) is 11.3 Å². The van der Waals surface area contributed by atoms with Gasteiger partial charge in [-0.05, 0) is 39.2 Å². The van der Waals surface area contributed by atoms with Gasteiger partial charge in [0.2, 0.25) is 0 Å². The molecule has 0 aromatic carbocycles. The Balaban J connectivity index is 1.80. The van der Waals surface area contributed by atoms with Crippen molar-refractivity contribution < 1.29 is 9.90 Å². The Morgan fingerprint density at radius 2 is 2.25 bits per heavy atom. The number of hydrogen-bond donors (Lipinski definition) is 2. The molecule has 0 saturated heterocycles. The molecule has 1 heterocycles. The number of carboxylic acid groups (broad SMARTS) is 1. The fourth-order valence-corrected chi connectivity index (χ4v) is 2.93. The number of hydrogen-bond acceptors (Lipinski definition) is 3. The first-order valence-electron chi connectivity index (χ1n) is 7.54. The van der Waals surface area contributed by atoms with Crippen molar-refractivity contribution in [3.63, 3.8) is 0 Å². The van der Waals surface area contributed by atoms with Gasteiger partial charge in [0, 0.05) is 24.3 Å². The van der Waals surface area contributed by atoms with Crippen LogP contribution in [-0.4, -0.2) is 27.4 Å². The Hall–Kier alpha value is -1.36. The van der Waals surface area contributed by atoms with Crippen LogP contribution in [0, 0.1) is 11.8 Å². The second-order valence-corrected chi connectivity index (χ2v) is 6.04.